The number of rotatable bonds is 3. The first kappa shape index (κ1) is 15.4. The van der Waals surface area contributed by atoms with Gasteiger partial charge in [-0.1, -0.05) is 48.9 Å². The van der Waals surface area contributed by atoms with Gasteiger partial charge in [-0.15, -0.1) is 0 Å². The van der Waals surface area contributed by atoms with E-state index in [9.17, 15) is 9.59 Å². The highest BCUT2D eigenvalue weighted by molar-refractivity contribution is 6.15. The van der Waals surface area contributed by atoms with E-state index >= 15 is 0 Å². The molecule has 0 bridgehead atoms. The molecule has 110 valence electrons. The van der Waals surface area contributed by atoms with Gasteiger partial charge in [0, 0.05) is 0 Å². The summed E-state index contributed by atoms with van der Waals surface area (Å²) in [4.78, 5) is 24.9. The van der Waals surface area contributed by atoms with Gasteiger partial charge in [0.15, 0.2) is 11.6 Å². The molecule has 0 aromatic heterocycles. The largest absolute Gasteiger partial charge is 0.294 e. The molecule has 21 heavy (non-hydrogen) atoms. The number of carbonyl (C=O) groups excluding carboxylic acids is 2. The fourth-order valence-electron chi connectivity index (χ4n) is 2.86. The summed E-state index contributed by atoms with van der Waals surface area (Å²) in [5.74, 6) is -0.441. The van der Waals surface area contributed by atoms with Gasteiger partial charge in [-0.3, -0.25) is 9.59 Å². The minimum absolute atomic E-state index is 0.0245. The van der Waals surface area contributed by atoms with E-state index in [1.165, 1.54) is 0 Å². The molecule has 0 spiro atoms. The summed E-state index contributed by atoms with van der Waals surface area (Å²) in [5.41, 5.74) is 2.86. The Bertz CT molecular complexity index is 589. The molecule has 2 heteroatoms. The number of benzene rings is 1. The van der Waals surface area contributed by atoms with Crippen LogP contribution in [-0.4, -0.2) is 11.6 Å². The van der Waals surface area contributed by atoms with Gasteiger partial charge >= 0.3 is 0 Å². The molecule has 1 aromatic carbocycles. The second-order valence-electron chi connectivity index (χ2n) is 5.98. The highest BCUT2D eigenvalue weighted by Crippen LogP contribution is 2.33. The smallest absolute Gasteiger partial charge is 0.169 e. The molecule has 2 rings (SSSR count). The van der Waals surface area contributed by atoms with E-state index in [0.29, 0.717) is 0 Å². The van der Waals surface area contributed by atoms with Crippen LogP contribution in [-0.2, 0) is 9.59 Å². The zero-order valence-corrected chi connectivity index (χ0v) is 12.9. The van der Waals surface area contributed by atoms with Crippen LogP contribution in [0.3, 0.4) is 0 Å². The van der Waals surface area contributed by atoms with Gasteiger partial charge in [0.25, 0.3) is 0 Å². The average molecular weight is 282 g/mol. The number of allylic oxidation sites excluding steroid dienone is 3. The summed E-state index contributed by atoms with van der Waals surface area (Å²) in [5, 5.41) is 0. The maximum absolute atomic E-state index is 12.5. The lowest BCUT2D eigenvalue weighted by atomic mass is 9.73. The third-order valence-corrected chi connectivity index (χ3v) is 4.15. The third-order valence-electron chi connectivity index (χ3n) is 4.15. The fraction of sp³-hybridized carbons (Fsp3) is 0.368. The monoisotopic (exact) mass is 282 g/mol. The lowest BCUT2D eigenvalue weighted by Gasteiger charge is -2.28. The normalized spacial score (nSPS) is 22.6. The van der Waals surface area contributed by atoms with E-state index in [2.05, 4.69) is 0 Å². The lowest BCUT2D eigenvalue weighted by molar-refractivity contribution is -0.131. The topological polar surface area (TPSA) is 34.1 Å². The Morgan fingerprint density at radius 2 is 1.86 bits per heavy atom. The van der Waals surface area contributed by atoms with Crippen LogP contribution in [0.2, 0.25) is 0 Å². The molecule has 2 atom stereocenters. The van der Waals surface area contributed by atoms with Crippen LogP contribution < -0.4 is 0 Å². The van der Waals surface area contributed by atoms with E-state index in [4.69, 9.17) is 0 Å². The van der Waals surface area contributed by atoms with Crippen molar-refractivity contribution in [3.05, 3.63) is 53.1 Å². The molecule has 0 heterocycles. The molecule has 2 nitrogen and oxygen atoms in total. The van der Waals surface area contributed by atoms with Gasteiger partial charge in [-0.25, -0.2) is 0 Å². The maximum atomic E-state index is 12.5. The molecule has 1 aliphatic carbocycles. The Labute approximate surface area is 126 Å². The SMILES string of the molecule is CC(C)=C1CC[C@@H](C)C(C(=O)/C=C/c2ccccc2)C1=O. The van der Waals surface area contributed by atoms with Crippen molar-refractivity contribution in [1.82, 2.24) is 0 Å². The van der Waals surface area contributed by atoms with Crippen molar-refractivity contribution in [2.24, 2.45) is 11.8 Å². The van der Waals surface area contributed by atoms with Crippen LogP contribution >= 0.6 is 0 Å². The summed E-state index contributed by atoms with van der Waals surface area (Å²) < 4.78 is 0. The van der Waals surface area contributed by atoms with Gasteiger partial charge < -0.3 is 0 Å². The van der Waals surface area contributed by atoms with Crippen molar-refractivity contribution in [2.75, 3.05) is 0 Å². The molecule has 1 saturated carbocycles. The highest BCUT2D eigenvalue weighted by atomic mass is 16.1. The molecule has 1 aliphatic rings. The molecule has 0 aliphatic heterocycles. The van der Waals surface area contributed by atoms with E-state index < -0.39 is 5.92 Å². The van der Waals surface area contributed by atoms with Crippen LogP contribution in [0.1, 0.15) is 39.2 Å². The van der Waals surface area contributed by atoms with Crippen LogP contribution in [0.5, 0.6) is 0 Å². The molecule has 0 amide bonds. The minimum atomic E-state index is -0.511. The van der Waals surface area contributed by atoms with Crippen molar-refractivity contribution in [1.29, 1.82) is 0 Å². The Kier molecular flexibility index (Phi) is 4.89. The van der Waals surface area contributed by atoms with E-state index in [1.54, 1.807) is 12.2 Å². The predicted molar refractivity (Wildman–Crippen MR) is 85.8 cm³/mol. The van der Waals surface area contributed by atoms with Crippen LogP contribution in [0.25, 0.3) is 6.08 Å². The van der Waals surface area contributed by atoms with E-state index in [1.807, 2.05) is 51.1 Å². The number of Topliss-reactive ketones (excluding diaryl/α,β-unsaturated/α-hetero) is 1. The van der Waals surface area contributed by atoms with Gasteiger partial charge in [-0.05, 0) is 49.8 Å². The van der Waals surface area contributed by atoms with Crippen molar-refractivity contribution < 1.29 is 9.59 Å². The first-order valence-corrected chi connectivity index (χ1v) is 7.48. The molecule has 0 radical (unpaired) electrons. The Morgan fingerprint density at radius 1 is 1.19 bits per heavy atom. The lowest BCUT2D eigenvalue weighted by Crippen LogP contribution is -2.34. The first-order chi connectivity index (χ1) is 10.0. The second kappa shape index (κ2) is 6.66. The van der Waals surface area contributed by atoms with Crippen LogP contribution in [0.4, 0.5) is 0 Å². The average Bonchev–Trinajstić information content (AvgIpc) is 2.46. The van der Waals surface area contributed by atoms with Crippen LogP contribution in [0, 0.1) is 11.8 Å². The number of hydrogen-bond donors (Lipinski definition) is 0. The molecule has 1 fully saturated rings. The number of carbonyl (C=O) groups is 2. The van der Waals surface area contributed by atoms with Crippen LogP contribution in [0.15, 0.2) is 47.6 Å². The fourth-order valence-corrected chi connectivity index (χ4v) is 2.86. The molecule has 0 N–H and O–H groups in total. The quantitative estimate of drug-likeness (QED) is 0.614. The summed E-state index contributed by atoms with van der Waals surface area (Å²) >= 11 is 0. The maximum Gasteiger partial charge on any atom is 0.169 e. The Hall–Kier alpha value is -1.96. The third kappa shape index (κ3) is 3.57. The van der Waals surface area contributed by atoms with E-state index in [-0.39, 0.29) is 17.5 Å². The van der Waals surface area contributed by atoms with Crippen molar-refractivity contribution in [3.63, 3.8) is 0 Å². The highest BCUT2D eigenvalue weighted by Gasteiger charge is 2.36. The predicted octanol–water partition coefficient (Wildman–Crippen LogP) is 4.22. The van der Waals surface area contributed by atoms with Gasteiger partial charge in [0.2, 0.25) is 0 Å². The molecule has 1 aromatic rings. The Balaban J connectivity index is 2.19. The van der Waals surface area contributed by atoms with Crippen molar-refractivity contribution >= 4 is 17.6 Å². The molecule has 0 saturated heterocycles. The second-order valence-corrected chi connectivity index (χ2v) is 5.98. The zero-order chi connectivity index (χ0) is 15.4. The van der Waals surface area contributed by atoms with Gasteiger partial charge in [0.05, 0.1) is 5.92 Å². The van der Waals surface area contributed by atoms with Crippen molar-refractivity contribution in [3.8, 4) is 0 Å². The molecular formula is C19H22O2. The summed E-state index contributed by atoms with van der Waals surface area (Å²) in [6.45, 7) is 5.90. The molecular weight excluding hydrogens is 260 g/mol. The van der Waals surface area contributed by atoms with Gasteiger partial charge in [-0.2, -0.15) is 0 Å². The first-order valence-electron chi connectivity index (χ1n) is 7.48. The summed E-state index contributed by atoms with van der Waals surface area (Å²) in [6.07, 6.45) is 5.05. The molecule has 1 unspecified atom stereocenters. The van der Waals surface area contributed by atoms with Crippen molar-refractivity contribution in [2.45, 2.75) is 33.6 Å². The van der Waals surface area contributed by atoms with E-state index in [0.717, 1.165) is 29.6 Å². The zero-order valence-electron chi connectivity index (χ0n) is 12.9. The Morgan fingerprint density at radius 3 is 2.48 bits per heavy atom. The summed E-state index contributed by atoms with van der Waals surface area (Å²) in [6, 6.07) is 9.68. The summed E-state index contributed by atoms with van der Waals surface area (Å²) in [7, 11) is 0. The number of hydrogen-bond acceptors (Lipinski definition) is 2. The minimum Gasteiger partial charge on any atom is -0.294 e. The van der Waals surface area contributed by atoms with Gasteiger partial charge in [0.1, 0.15) is 0 Å². The number of ketones is 2. The standard InChI is InChI=1S/C19H22O2/c1-13(2)16-11-9-14(3)18(19(16)21)17(20)12-10-15-7-5-4-6-8-15/h4-8,10,12,14,18H,9,11H2,1-3H3/b12-10+/t14-,18?/m1/s1.